The Morgan fingerprint density at radius 2 is 1.86 bits per heavy atom. The van der Waals surface area contributed by atoms with E-state index in [1.54, 1.807) is 13.8 Å². The van der Waals surface area contributed by atoms with E-state index in [1.807, 2.05) is 13.8 Å². The topological polar surface area (TPSA) is 63.6 Å². The Morgan fingerprint density at radius 1 is 1.36 bits per heavy atom. The van der Waals surface area contributed by atoms with E-state index in [2.05, 4.69) is 0 Å². The highest BCUT2D eigenvalue weighted by atomic mass is 16.6. The summed E-state index contributed by atoms with van der Waals surface area (Å²) in [6.07, 6.45) is 0.153. The molecule has 0 atom stereocenters. The molecule has 0 fully saturated rings. The monoisotopic (exact) mass is 202 g/mol. The summed E-state index contributed by atoms with van der Waals surface area (Å²) in [5.41, 5.74) is -0.583. The number of carboxylic acids is 1. The molecule has 4 heteroatoms. The molecule has 1 N–H and O–H groups in total. The highest BCUT2D eigenvalue weighted by Crippen LogP contribution is 2.20. The zero-order chi connectivity index (χ0) is 11.4. The molecular weight excluding hydrogens is 184 g/mol. The molecule has 0 amide bonds. The number of rotatable bonds is 5. The van der Waals surface area contributed by atoms with Crippen molar-refractivity contribution in [2.75, 3.05) is 0 Å². The van der Waals surface area contributed by atoms with Crippen LogP contribution in [-0.4, -0.2) is 22.6 Å². The number of carbonyl (C=O) groups excluding carboxylic acids is 1. The van der Waals surface area contributed by atoms with E-state index in [0.717, 1.165) is 6.42 Å². The van der Waals surface area contributed by atoms with Crippen LogP contribution in [0.15, 0.2) is 0 Å². The van der Waals surface area contributed by atoms with Crippen LogP contribution in [0.2, 0.25) is 0 Å². The van der Waals surface area contributed by atoms with Gasteiger partial charge in [0.1, 0.15) is 12.0 Å². The van der Waals surface area contributed by atoms with Crippen LogP contribution < -0.4 is 0 Å². The quantitative estimate of drug-likeness (QED) is 0.545. The van der Waals surface area contributed by atoms with Crippen molar-refractivity contribution < 1.29 is 19.4 Å². The van der Waals surface area contributed by atoms with Crippen LogP contribution in [0.25, 0.3) is 0 Å². The maximum atomic E-state index is 11.0. The van der Waals surface area contributed by atoms with Gasteiger partial charge in [0.05, 0.1) is 0 Å². The van der Waals surface area contributed by atoms with Crippen LogP contribution in [0.3, 0.4) is 0 Å². The summed E-state index contributed by atoms with van der Waals surface area (Å²) >= 11 is 0. The third-order valence-corrected chi connectivity index (χ3v) is 1.59. The Kier molecular flexibility index (Phi) is 4.60. The molecule has 0 aliphatic carbocycles. The highest BCUT2D eigenvalue weighted by Gasteiger charge is 2.24. The second kappa shape index (κ2) is 4.98. The molecule has 0 bridgehead atoms. The highest BCUT2D eigenvalue weighted by molar-refractivity contribution is 5.90. The zero-order valence-electron chi connectivity index (χ0n) is 9.16. The average Bonchev–Trinajstić information content (AvgIpc) is 1.77. The van der Waals surface area contributed by atoms with Gasteiger partial charge in [-0.05, 0) is 26.2 Å². The second-order valence-electron chi connectivity index (χ2n) is 4.40. The Balaban J connectivity index is 4.08. The van der Waals surface area contributed by atoms with Crippen molar-refractivity contribution in [2.45, 2.75) is 46.1 Å². The summed E-state index contributed by atoms with van der Waals surface area (Å²) in [6, 6.07) is 0. The zero-order valence-corrected chi connectivity index (χ0v) is 9.16. The van der Waals surface area contributed by atoms with Gasteiger partial charge in [-0.2, -0.15) is 0 Å². The summed E-state index contributed by atoms with van der Waals surface area (Å²) in [4.78, 5) is 21.3. The number of hydrogen-bond donors (Lipinski definition) is 1. The number of carbonyl (C=O) groups is 2. The molecule has 0 radical (unpaired) electrons. The van der Waals surface area contributed by atoms with E-state index < -0.39 is 24.0 Å². The molecule has 0 aromatic rings. The van der Waals surface area contributed by atoms with Gasteiger partial charge in [0.25, 0.3) is 0 Å². The number of aliphatic carboxylic acids is 1. The lowest BCUT2D eigenvalue weighted by Crippen LogP contribution is -2.30. The third kappa shape index (κ3) is 6.46. The van der Waals surface area contributed by atoms with Crippen LogP contribution in [0.5, 0.6) is 0 Å². The van der Waals surface area contributed by atoms with Crippen LogP contribution in [0, 0.1) is 5.92 Å². The molecule has 0 rings (SSSR count). The van der Waals surface area contributed by atoms with Crippen LogP contribution in [-0.2, 0) is 14.3 Å². The lowest BCUT2D eigenvalue weighted by Gasteiger charge is -2.26. The number of esters is 1. The molecular formula is C10H18O4. The van der Waals surface area contributed by atoms with Crippen molar-refractivity contribution in [2.24, 2.45) is 5.92 Å². The minimum Gasteiger partial charge on any atom is -0.481 e. The predicted octanol–water partition coefficient (Wildman–Crippen LogP) is 1.83. The van der Waals surface area contributed by atoms with Crippen molar-refractivity contribution >= 4 is 11.9 Å². The van der Waals surface area contributed by atoms with Crippen molar-refractivity contribution in [3.8, 4) is 0 Å². The maximum absolute atomic E-state index is 11.0. The van der Waals surface area contributed by atoms with E-state index >= 15 is 0 Å². The van der Waals surface area contributed by atoms with Gasteiger partial charge in [0, 0.05) is 0 Å². The molecule has 82 valence electrons. The summed E-state index contributed by atoms with van der Waals surface area (Å²) < 4.78 is 5.04. The lowest BCUT2D eigenvalue weighted by molar-refractivity contribution is -0.161. The first kappa shape index (κ1) is 12.9. The van der Waals surface area contributed by atoms with Gasteiger partial charge in [0.2, 0.25) is 0 Å². The van der Waals surface area contributed by atoms with Crippen molar-refractivity contribution in [3.63, 3.8) is 0 Å². The molecule has 0 aliphatic heterocycles. The minimum absolute atomic E-state index is 0.405. The lowest BCUT2D eigenvalue weighted by atomic mass is 9.96. The fourth-order valence-electron chi connectivity index (χ4n) is 1.49. The molecule has 0 aromatic carbocycles. The average molecular weight is 202 g/mol. The fourth-order valence-corrected chi connectivity index (χ4v) is 1.49. The van der Waals surface area contributed by atoms with Gasteiger partial charge in [-0.3, -0.25) is 9.59 Å². The smallest absolute Gasteiger partial charge is 0.317 e. The molecule has 0 spiro atoms. The molecule has 0 saturated heterocycles. The normalized spacial score (nSPS) is 11.5. The van der Waals surface area contributed by atoms with Gasteiger partial charge in [0.15, 0.2) is 0 Å². The Bertz CT molecular complexity index is 218. The first-order valence-electron chi connectivity index (χ1n) is 4.66. The van der Waals surface area contributed by atoms with Gasteiger partial charge < -0.3 is 9.84 Å². The summed E-state index contributed by atoms with van der Waals surface area (Å²) in [5.74, 6) is -1.43. The molecule has 0 saturated carbocycles. The third-order valence-electron chi connectivity index (χ3n) is 1.59. The van der Waals surface area contributed by atoms with E-state index in [1.165, 1.54) is 0 Å². The number of hydrogen-bond acceptors (Lipinski definition) is 3. The first-order chi connectivity index (χ1) is 6.23. The standard InChI is InChI=1S/C10H18O4/c1-7(2)6-10(3,4)14-9(13)5-8(11)12/h7H,5-6H2,1-4H3,(H,11,12). The Labute approximate surface area is 84.3 Å². The summed E-state index contributed by atoms with van der Waals surface area (Å²) in [7, 11) is 0. The Hall–Kier alpha value is -1.06. The molecule has 4 nitrogen and oxygen atoms in total. The van der Waals surface area contributed by atoms with Crippen LogP contribution in [0.1, 0.15) is 40.5 Å². The van der Waals surface area contributed by atoms with Gasteiger partial charge in [-0.1, -0.05) is 13.8 Å². The van der Waals surface area contributed by atoms with Gasteiger partial charge in [-0.15, -0.1) is 0 Å². The van der Waals surface area contributed by atoms with Crippen molar-refractivity contribution in [1.29, 1.82) is 0 Å². The van der Waals surface area contributed by atoms with E-state index in [0.29, 0.717) is 5.92 Å². The van der Waals surface area contributed by atoms with Gasteiger partial charge >= 0.3 is 11.9 Å². The van der Waals surface area contributed by atoms with Crippen LogP contribution >= 0.6 is 0 Å². The van der Waals surface area contributed by atoms with E-state index in [-0.39, 0.29) is 0 Å². The van der Waals surface area contributed by atoms with Crippen molar-refractivity contribution in [1.82, 2.24) is 0 Å². The molecule has 0 unspecified atom stereocenters. The van der Waals surface area contributed by atoms with Gasteiger partial charge in [-0.25, -0.2) is 0 Å². The first-order valence-corrected chi connectivity index (χ1v) is 4.66. The van der Waals surface area contributed by atoms with E-state index in [9.17, 15) is 9.59 Å². The Morgan fingerprint density at radius 3 is 2.21 bits per heavy atom. The summed E-state index contributed by atoms with van der Waals surface area (Å²) in [5, 5.41) is 8.36. The summed E-state index contributed by atoms with van der Waals surface area (Å²) in [6.45, 7) is 7.61. The molecule has 0 aromatic heterocycles. The minimum atomic E-state index is -1.16. The number of ether oxygens (including phenoxy) is 1. The molecule has 0 heterocycles. The predicted molar refractivity (Wildman–Crippen MR) is 51.9 cm³/mol. The fraction of sp³-hybridized carbons (Fsp3) is 0.800. The molecule has 0 aliphatic rings. The van der Waals surface area contributed by atoms with Crippen molar-refractivity contribution in [3.05, 3.63) is 0 Å². The SMILES string of the molecule is CC(C)CC(C)(C)OC(=O)CC(=O)O. The largest absolute Gasteiger partial charge is 0.481 e. The molecule has 14 heavy (non-hydrogen) atoms. The maximum Gasteiger partial charge on any atom is 0.317 e. The van der Waals surface area contributed by atoms with E-state index in [4.69, 9.17) is 9.84 Å². The number of carboxylic acid groups (broad SMARTS) is 1. The van der Waals surface area contributed by atoms with Crippen LogP contribution in [0.4, 0.5) is 0 Å². The second-order valence-corrected chi connectivity index (χ2v) is 4.40.